The van der Waals surface area contributed by atoms with Gasteiger partial charge in [-0.1, -0.05) is 35.0 Å². The van der Waals surface area contributed by atoms with E-state index in [9.17, 15) is 18.4 Å². The number of benzene rings is 2. The maximum Gasteiger partial charge on any atom is 0.324 e. The molecular weight excluding hydrogens is 483 g/mol. The first-order valence-corrected chi connectivity index (χ1v) is 12.3. The molecule has 0 unspecified atom stereocenters. The van der Waals surface area contributed by atoms with Crippen LogP contribution >= 0.6 is 0 Å². The highest BCUT2D eigenvalue weighted by Crippen LogP contribution is 2.26. The highest BCUT2D eigenvalue weighted by molar-refractivity contribution is 7.87. The fraction of sp³-hybridized carbons (Fsp3) is 0.304. The Morgan fingerprint density at radius 1 is 1.14 bits per heavy atom. The van der Waals surface area contributed by atoms with E-state index in [1.807, 2.05) is 6.07 Å². The fourth-order valence-corrected chi connectivity index (χ4v) is 5.19. The number of alkyl halides is 2. The monoisotopic (exact) mass is 505 g/mol. The maximum atomic E-state index is 15.0. The highest BCUT2D eigenvalue weighted by Gasteiger charge is 2.27. The molecule has 4 rings (SSSR count). The number of para-hydroxylation sites is 1. The molecule has 2 heterocycles. The molecule has 2 aromatic carbocycles. The maximum absolute atomic E-state index is 15.0. The van der Waals surface area contributed by atoms with E-state index in [-0.39, 0.29) is 35.5 Å². The summed E-state index contributed by atoms with van der Waals surface area (Å²) >= 11 is 0. The summed E-state index contributed by atoms with van der Waals surface area (Å²) in [6.45, 7) is 2.24. The molecular formula is C23H22F3N5O3S. The van der Waals surface area contributed by atoms with Gasteiger partial charge >= 0.3 is 12.5 Å². The van der Waals surface area contributed by atoms with Crippen LogP contribution in [0.15, 0.2) is 57.3 Å². The van der Waals surface area contributed by atoms with E-state index in [0.29, 0.717) is 30.3 Å². The molecule has 0 atom stereocenters. The number of hydrogen-bond donors (Lipinski definition) is 0. The minimum absolute atomic E-state index is 0.0545. The lowest BCUT2D eigenvalue weighted by molar-refractivity contribution is -0.115. The second-order valence-electron chi connectivity index (χ2n) is 7.72. The number of nitrogens with zero attached hydrogens (tertiary/aromatic N) is 5. The van der Waals surface area contributed by atoms with Gasteiger partial charge < -0.3 is 9.32 Å². The molecule has 1 aliphatic rings. The Hall–Kier alpha value is -3.54. The summed E-state index contributed by atoms with van der Waals surface area (Å²) in [5, 5.41) is 6.79. The molecule has 0 N–H and O–H groups in total. The van der Waals surface area contributed by atoms with Crippen molar-refractivity contribution >= 4 is 28.3 Å². The molecule has 1 saturated heterocycles. The van der Waals surface area contributed by atoms with E-state index < -0.39 is 28.8 Å². The van der Waals surface area contributed by atoms with E-state index in [1.165, 1.54) is 24.0 Å². The number of halogens is 3. The zero-order valence-electron chi connectivity index (χ0n) is 18.7. The summed E-state index contributed by atoms with van der Waals surface area (Å²) in [7, 11) is -0.397. The summed E-state index contributed by atoms with van der Waals surface area (Å²) < 4.78 is 49.4. The zero-order chi connectivity index (χ0) is 24.9. The van der Waals surface area contributed by atoms with Gasteiger partial charge in [-0.05, 0) is 24.3 Å². The number of anilines is 1. The molecule has 3 aromatic rings. The molecule has 3 amide bonds. The van der Waals surface area contributed by atoms with Crippen LogP contribution in [0.5, 0.6) is 0 Å². The summed E-state index contributed by atoms with van der Waals surface area (Å²) in [5.41, 5.74) is 0.973. The van der Waals surface area contributed by atoms with Crippen molar-refractivity contribution < 1.29 is 27.2 Å². The number of amides is 3. The summed E-state index contributed by atoms with van der Waals surface area (Å²) in [6.07, 6.45) is -2.92. The molecule has 0 spiro atoms. The predicted octanol–water partition coefficient (Wildman–Crippen LogP) is 4.60. The van der Waals surface area contributed by atoms with Crippen LogP contribution in [0.4, 0.5) is 23.7 Å². The van der Waals surface area contributed by atoms with Gasteiger partial charge in [0.15, 0.2) is 0 Å². The molecule has 8 nitrogen and oxygen atoms in total. The van der Waals surface area contributed by atoms with Crippen LogP contribution in [-0.2, 0) is 22.0 Å². The van der Waals surface area contributed by atoms with Gasteiger partial charge in [0, 0.05) is 48.3 Å². The van der Waals surface area contributed by atoms with Crippen molar-refractivity contribution in [3.05, 3.63) is 65.8 Å². The van der Waals surface area contributed by atoms with Crippen molar-refractivity contribution in [2.45, 2.75) is 19.9 Å². The Kier molecular flexibility index (Phi) is 7.59. The van der Waals surface area contributed by atoms with Gasteiger partial charge in [0.2, 0.25) is 11.8 Å². The van der Waals surface area contributed by atoms with Gasteiger partial charge in [-0.15, -0.1) is 10.2 Å². The average molecular weight is 506 g/mol. The smallest absolute Gasteiger partial charge is 0.324 e. The summed E-state index contributed by atoms with van der Waals surface area (Å²) in [4.78, 5) is 27.8. The molecule has 0 bridgehead atoms. The van der Waals surface area contributed by atoms with Gasteiger partial charge in [-0.2, -0.15) is 13.1 Å². The zero-order valence-corrected chi connectivity index (χ0v) is 19.6. The Labute approximate surface area is 201 Å². The Morgan fingerprint density at radius 2 is 1.86 bits per heavy atom. The van der Waals surface area contributed by atoms with Crippen LogP contribution in [-0.4, -0.2) is 51.6 Å². The van der Waals surface area contributed by atoms with Gasteiger partial charge in [0.05, 0.1) is 6.54 Å². The number of hydrogen-bond acceptors (Lipinski definition) is 5. The number of carbonyl (C=O) groups is 2. The Bertz CT molecular complexity index is 1240. The van der Waals surface area contributed by atoms with Crippen LogP contribution in [0, 0.1) is 5.82 Å². The molecule has 0 saturated carbocycles. The first-order valence-electron chi connectivity index (χ1n) is 10.7. The van der Waals surface area contributed by atoms with E-state index >= 15 is 4.39 Å². The third kappa shape index (κ3) is 5.94. The van der Waals surface area contributed by atoms with E-state index in [1.54, 1.807) is 29.2 Å². The molecule has 0 aliphatic carbocycles. The predicted molar refractivity (Wildman–Crippen MR) is 124 cm³/mol. The number of urea groups is 1. The number of aromatic nitrogens is 2. The molecule has 12 heteroatoms. The molecule has 1 aliphatic heterocycles. The summed E-state index contributed by atoms with van der Waals surface area (Å²) in [5.74, 6) is -0.728. The van der Waals surface area contributed by atoms with Crippen LogP contribution < -0.4 is 4.90 Å². The van der Waals surface area contributed by atoms with Crippen molar-refractivity contribution in [1.82, 2.24) is 15.1 Å². The SMILES string of the molecule is CC(=O)N=S1CCN(C(=O)N(Cc2ccc(-c3nnc(C(F)F)o3)cc2F)c2ccccc2)CC1. The number of rotatable bonds is 5. The average Bonchev–Trinajstić information content (AvgIpc) is 3.34. The number of carbonyl (C=O) groups excluding carboxylic acids is 2. The van der Waals surface area contributed by atoms with E-state index in [0.717, 1.165) is 6.07 Å². The van der Waals surface area contributed by atoms with Crippen molar-refractivity contribution in [1.29, 1.82) is 0 Å². The second-order valence-corrected chi connectivity index (χ2v) is 9.65. The lowest BCUT2D eigenvalue weighted by Crippen LogP contribution is -2.48. The van der Waals surface area contributed by atoms with Gasteiger partial charge in [0.25, 0.3) is 5.89 Å². The van der Waals surface area contributed by atoms with E-state index in [4.69, 9.17) is 4.42 Å². The van der Waals surface area contributed by atoms with Crippen LogP contribution in [0.1, 0.15) is 24.8 Å². The lowest BCUT2D eigenvalue weighted by Gasteiger charge is -2.34. The largest absolute Gasteiger partial charge is 0.415 e. The Morgan fingerprint density at radius 3 is 2.46 bits per heavy atom. The van der Waals surface area contributed by atoms with Gasteiger partial charge in [-0.3, -0.25) is 9.69 Å². The molecule has 1 aromatic heterocycles. The Balaban J connectivity index is 1.55. The first-order chi connectivity index (χ1) is 16.8. The second kappa shape index (κ2) is 10.8. The van der Waals surface area contributed by atoms with Gasteiger partial charge in [-0.25, -0.2) is 9.18 Å². The standard InChI is InChI=1S/C23H22F3N5O3S/c1-15(32)29-35-11-9-30(10-12-35)23(33)31(18-5-3-2-4-6-18)14-17-8-7-16(13-19(17)24)21-27-28-22(34-21)20(25)26/h2-8,13,20H,9-12,14H2,1H3. The fourth-order valence-electron chi connectivity index (χ4n) is 3.58. The van der Waals surface area contributed by atoms with Crippen molar-refractivity contribution in [2.24, 2.45) is 4.36 Å². The van der Waals surface area contributed by atoms with Gasteiger partial charge in [0.1, 0.15) is 5.82 Å². The third-order valence-electron chi connectivity index (χ3n) is 5.28. The lowest BCUT2D eigenvalue weighted by atomic mass is 10.1. The van der Waals surface area contributed by atoms with Crippen LogP contribution in [0.3, 0.4) is 0 Å². The summed E-state index contributed by atoms with van der Waals surface area (Å²) in [6, 6.07) is 12.7. The molecule has 0 radical (unpaired) electrons. The molecule has 184 valence electrons. The van der Waals surface area contributed by atoms with Crippen molar-refractivity contribution in [3.8, 4) is 11.5 Å². The van der Waals surface area contributed by atoms with E-state index in [2.05, 4.69) is 14.6 Å². The van der Waals surface area contributed by atoms with Crippen molar-refractivity contribution in [2.75, 3.05) is 29.5 Å². The van der Waals surface area contributed by atoms with Crippen LogP contribution in [0.2, 0.25) is 0 Å². The highest BCUT2D eigenvalue weighted by atomic mass is 32.2. The van der Waals surface area contributed by atoms with Crippen LogP contribution in [0.25, 0.3) is 11.5 Å². The molecule has 35 heavy (non-hydrogen) atoms. The van der Waals surface area contributed by atoms with Crippen molar-refractivity contribution in [3.63, 3.8) is 0 Å². The minimum Gasteiger partial charge on any atom is -0.415 e. The normalized spacial score (nSPS) is 14.3. The molecule has 1 fully saturated rings. The minimum atomic E-state index is -2.92. The topological polar surface area (TPSA) is 91.9 Å². The quantitative estimate of drug-likeness (QED) is 0.505. The first kappa shape index (κ1) is 24.6. The third-order valence-corrected chi connectivity index (χ3v) is 7.10.